The molecule has 0 spiro atoms. The summed E-state index contributed by atoms with van der Waals surface area (Å²) < 4.78 is 1.01. The van der Waals surface area contributed by atoms with Crippen LogP contribution in [0.1, 0.15) is 31.9 Å². The standard InChI is InChI=1S/C17H20BrN3O/c1-3-12-21(13(2)15-6-4-5-7-16(15)18)17(22)20-14-8-10-19-11-9-14/h4-11,13H,3,12H2,1-2H3,(H,19,20,22). The summed E-state index contributed by atoms with van der Waals surface area (Å²) in [6.45, 7) is 4.81. The highest BCUT2D eigenvalue weighted by molar-refractivity contribution is 9.10. The second kappa shape index (κ2) is 7.94. The fourth-order valence-electron chi connectivity index (χ4n) is 2.32. The number of carbonyl (C=O) groups is 1. The van der Waals surface area contributed by atoms with Crippen LogP contribution in [0.2, 0.25) is 0 Å². The van der Waals surface area contributed by atoms with E-state index in [0.717, 1.165) is 22.1 Å². The van der Waals surface area contributed by atoms with Crippen molar-refractivity contribution < 1.29 is 4.79 Å². The number of amides is 2. The highest BCUT2D eigenvalue weighted by Crippen LogP contribution is 2.28. The lowest BCUT2D eigenvalue weighted by Gasteiger charge is -2.30. The predicted molar refractivity (Wildman–Crippen MR) is 92.8 cm³/mol. The van der Waals surface area contributed by atoms with Gasteiger partial charge >= 0.3 is 6.03 Å². The maximum Gasteiger partial charge on any atom is 0.322 e. The first-order valence-electron chi connectivity index (χ1n) is 7.35. The lowest BCUT2D eigenvalue weighted by Crippen LogP contribution is -2.37. The summed E-state index contributed by atoms with van der Waals surface area (Å²) in [5, 5.41) is 2.93. The van der Waals surface area contributed by atoms with Crippen molar-refractivity contribution in [2.24, 2.45) is 0 Å². The Morgan fingerprint density at radius 3 is 2.59 bits per heavy atom. The highest BCUT2D eigenvalue weighted by Gasteiger charge is 2.22. The molecule has 0 aliphatic heterocycles. The van der Waals surface area contributed by atoms with Gasteiger partial charge in [-0.2, -0.15) is 0 Å². The van der Waals surface area contributed by atoms with E-state index in [4.69, 9.17) is 0 Å². The Balaban J connectivity index is 2.18. The number of pyridine rings is 1. The van der Waals surface area contributed by atoms with E-state index in [-0.39, 0.29) is 12.1 Å². The van der Waals surface area contributed by atoms with Crippen molar-refractivity contribution in [3.05, 3.63) is 58.8 Å². The molecular formula is C17H20BrN3O. The number of hydrogen-bond acceptors (Lipinski definition) is 2. The number of benzene rings is 1. The zero-order valence-corrected chi connectivity index (χ0v) is 14.4. The van der Waals surface area contributed by atoms with Crippen molar-refractivity contribution in [3.8, 4) is 0 Å². The van der Waals surface area contributed by atoms with Gasteiger partial charge < -0.3 is 10.2 Å². The summed E-state index contributed by atoms with van der Waals surface area (Å²) in [6.07, 6.45) is 4.23. The topological polar surface area (TPSA) is 45.2 Å². The molecule has 0 bridgehead atoms. The molecule has 0 saturated heterocycles. The molecule has 1 heterocycles. The first kappa shape index (κ1) is 16.5. The van der Waals surface area contributed by atoms with Crippen LogP contribution in [0.4, 0.5) is 10.5 Å². The number of halogens is 1. The van der Waals surface area contributed by atoms with Crippen LogP contribution >= 0.6 is 15.9 Å². The van der Waals surface area contributed by atoms with Gasteiger partial charge in [0.1, 0.15) is 0 Å². The van der Waals surface area contributed by atoms with Crippen LogP contribution in [0.3, 0.4) is 0 Å². The molecular weight excluding hydrogens is 342 g/mol. The zero-order valence-electron chi connectivity index (χ0n) is 12.8. The molecule has 0 radical (unpaired) electrons. The molecule has 2 rings (SSSR count). The first-order valence-corrected chi connectivity index (χ1v) is 8.15. The largest absolute Gasteiger partial charge is 0.322 e. The molecule has 5 heteroatoms. The molecule has 0 aliphatic carbocycles. The number of nitrogens with zero attached hydrogens (tertiary/aromatic N) is 2. The second-order valence-corrected chi connectivity index (χ2v) is 5.91. The van der Waals surface area contributed by atoms with Crippen LogP contribution in [0.5, 0.6) is 0 Å². The maximum atomic E-state index is 12.6. The van der Waals surface area contributed by atoms with Gasteiger partial charge in [-0.25, -0.2) is 4.79 Å². The van der Waals surface area contributed by atoms with Gasteiger partial charge in [-0.3, -0.25) is 4.98 Å². The average molecular weight is 362 g/mol. The third kappa shape index (κ3) is 4.07. The van der Waals surface area contributed by atoms with Crippen LogP contribution in [-0.4, -0.2) is 22.5 Å². The first-order chi connectivity index (χ1) is 10.6. The van der Waals surface area contributed by atoms with Crippen molar-refractivity contribution in [1.82, 2.24) is 9.88 Å². The summed E-state index contributed by atoms with van der Waals surface area (Å²) in [7, 11) is 0. The minimum absolute atomic E-state index is 0.0163. The van der Waals surface area contributed by atoms with Crippen molar-refractivity contribution in [1.29, 1.82) is 0 Å². The van der Waals surface area contributed by atoms with Crippen LogP contribution in [0.15, 0.2) is 53.3 Å². The van der Waals surface area contributed by atoms with E-state index >= 15 is 0 Å². The number of anilines is 1. The molecule has 116 valence electrons. The van der Waals surface area contributed by atoms with E-state index in [1.807, 2.05) is 36.1 Å². The molecule has 1 aromatic carbocycles. The van der Waals surface area contributed by atoms with Crippen molar-refractivity contribution in [2.45, 2.75) is 26.3 Å². The summed E-state index contributed by atoms with van der Waals surface area (Å²) in [5.74, 6) is 0. The molecule has 2 aromatic rings. The van der Waals surface area contributed by atoms with Crippen LogP contribution < -0.4 is 5.32 Å². The molecule has 0 saturated carbocycles. The Morgan fingerprint density at radius 1 is 1.27 bits per heavy atom. The number of rotatable bonds is 5. The van der Waals surface area contributed by atoms with E-state index < -0.39 is 0 Å². The van der Waals surface area contributed by atoms with Gasteiger partial charge in [0.25, 0.3) is 0 Å². The van der Waals surface area contributed by atoms with Crippen molar-refractivity contribution in [2.75, 3.05) is 11.9 Å². The number of nitrogens with one attached hydrogen (secondary N) is 1. The fraction of sp³-hybridized carbons (Fsp3) is 0.294. The van der Waals surface area contributed by atoms with Crippen LogP contribution in [0.25, 0.3) is 0 Å². The highest BCUT2D eigenvalue weighted by atomic mass is 79.9. The van der Waals surface area contributed by atoms with Gasteiger partial charge in [-0.1, -0.05) is 41.1 Å². The van der Waals surface area contributed by atoms with Gasteiger partial charge in [0, 0.05) is 29.1 Å². The smallest absolute Gasteiger partial charge is 0.318 e. The minimum atomic E-state index is -0.101. The summed E-state index contributed by atoms with van der Waals surface area (Å²) in [6, 6.07) is 11.4. The van der Waals surface area contributed by atoms with E-state index in [0.29, 0.717) is 6.54 Å². The Labute approximate surface area is 139 Å². The molecule has 1 unspecified atom stereocenters. The van der Waals surface area contributed by atoms with Gasteiger partial charge in [-0.05, 0) is 37.1 Å². The normalized spacial score (nSPS) is 11.8. The van der Waals surface area contributed by atoms with Gasteiger partial charge in [0.15, 0.2) is 0 Å². The molecule has 4 nitrogen and oxygen atoms in total. The van der Waals surface area contributed by atoms with Gasteiger partial charge in [0.2, 0.25) is 0 Å². The van der Waals surface area contributed by atoms with Gasteiger partial charge in [0.05, 0.1) is 6.04 Å². The third-order valence-corrected chi connectivity index (χ3v) is 4.20. The monoisotopic (exact) mass is 361 g/mol. The fourth-order valence-corrected chi connectivity index (χ4v) is 2.94. The van der Waals surface area contributed by atoms with E-state index in [1.165, 1.54) is 0 Å². The Bertz CT molecular complexity index is 618. The molecule has 1 N–H and O–H groups in total. The lowest BCUT2D eigenvalue weighted by molar-refractivity contribution is 0.193. The average Bonchev–Trinajstić information content (AvgIpc) is 2.53. The second-order valence-electron chi connectivity index (χ2n) is 5.06. The Morgan fingerprint density at radius 2 is 1.95 bits per heavy atom. The predicted octanol–water partition coefficient (Wildman–Crippen LogP) is 4.85. The Hall–Kier alpha value is -1.88. The van der Waals surface area contributed by atoms with E-state index in [9.17, 15) is 4.79 Å². The quantitative estimate of drug-likeness (QED) is 0.827. The molecule has 2 amide bonds. The van der Waals surface area contributed by atoms with Crippen molar-refractivity contribution >= 4 is 27.6 Å². The summed E-state index contributed by atoms with van der Waals surface area (Å²) in [5.41, 5.74) is 1.85. The SMILES string of the molecule is CCCN(C(=O)Nc1ccncc1)C(C)c1ccccc1Br. The Kier molecular flexibility index (Phi) is 5.95. The third-order valence-electron chi connectivity index (χ3n) is 3.48. The number of hydrogen-bond donors (Lipinski definition) is 1. The molecule has 1 aromatic heterocycles. The van der Waals surface area contributed by atoms with Crippen molar-refractivity contribution in [3.63, 3.8) is 0 Å². The zero-order chi connectivity index (χ0) is 15.9. The van der Waals surface area contributed by atoms with Gasteiger partial charge in [-0.15, -0.1) is 0 Å². The lowest BCUT2D eigenvalue weighted by atomic mass is 10.1. The maximum absolute atomic E-state index is 12.6. The minimum Gasteiger partial charge on any atom is -0.318 e. The number of urea groups is 1. The number of aromatic nitrogens is 1. The number of carbonyl (C=O) groups excluding carboxylic acids is 1. The molecule has 1 atom stereocenters. The summed E-state index contributed by atoms with van der Waals surface area (Å²) in [4.78, 5) is 18.4. The van der Waals surface area contributed by atoms with Crippen LogP contribution in [0, 0.1) is 0 Å². The van der Waals surface area contributed by atoms with Crippen LogP contribution in [-0.2, 0) is 0 Å². The molecule has 0 fully saturated rings. The van der Waals surface area contributed by atoms with E-state index in [2.05, 4.69) is 33.2 Å². The molecule has 22 heavy (non-hydrogen) atoms. The van der Waals surface area contributed by atoms with E-state index in [1.54, 1.807) is 24.5 Å². The molecule has 0 aliphatic rings. The summed E-state index contributed by atoms with van der Waals surface area (Å²) >= 11 is 3.57.